The average molecular weight is 205 g/mol. The smallest absolute Gasteiger partial charge is 0.246 e. The van der Waals surface area contributed by atoms with E-state index in [1.165, 1.54) is 4.90 Å². The number of aromatic nitrogens is 2. The van der Waals surface area contributed by atoms with Gasteiger partial charge in [0.2, 0.25) is 17.8 Å². The summed E-state index contributed by atoms with van der Waals surface area (Å²) >= 11 is 0. The van der Waals surface area contributed by atoms with E-state index in [2.05, 4.69) is 15.3 Å². The standard InChI is InChI=1S/C9H11N5O/c1-5-3-6(2)12-9(11-5)14-4-7(15)13-8(14)10/h3H,4H2,1-2H3,(H2,10,13,15). The van der Waals surface area contributed by atoms with Crippen molar-refractivity contribution >= 4 is 17.8 Å². The first-order chi connectivity index (χ1) is 7.06. The molecule has 1 amide bonds. The zero-order valence-corrected chi connectivity index (χ0v) is 8.53. The molecule has 0 atom stereocenters. The molecule has 0 spiro atoms. The molecule has 1 aromatic heterocycles. The Morgan fingerprint density at radius 1 is 1.40 bits per heavy atom. The van der Waals surface area contributed by atoms with Crippen LogP contribution in [0.3, 0.4) is 0 Å². The summed E-state index contributed by atoms with van der Waals surface area (Å²) in [5.41, 5.74) is 1.65. The molecule has 0 radical (unpaired) electrons. The van der Waals surface area contributed by atoms with Gasteiger partial charge in [0, 0.05) is 11.4 Å². The van der Waals surface area contributed by atoms with Gasteiger partial charge in [-0.25, -0.2) is 9.97 Å². The fourth-order valence-corrected chi connectivity index (χ4v) is 1.46. The first kappa shape index (κ1) is 9.57. The third kappa shape index (κ3) is 1.78. The SMILES string of the molecule is Cc1cc(C)nc(N2CC(=O)NC2=N)n1. The van der Waals surface area contributed by atoms with Crippen LogP contribution in [0.5, 0.6) is 0 Å². The minimum atomic E-state index is -0.206. The highest BCUT2D eigenvalue weighted by molar-refractivity contribution is 6.12. The fraction of sp³-hybridized carbons (Fsp3) is 0.333. The number of anilines is 1. The number of hydrogen-bond acceptors (Lipinski definition) is 4. The molecule has 0 aliphatic carbocycles. The van der Waals surface area contributed by atoms with E-state index in [0.717, 1.165) is 11.4 Å². The van der Waals surface area contributed by atoms with Gasteiger partial charge in [0.1, 0.15) is 6.54 Å². The number of nitrogens with one attached hydrogen (secondary N) is 2. The predicted molar refractivity (Wildman–Crippen MR) is 54.7 cm³/mol. The van der Waals surface area contributed by atoms with E-state index < -0.39 is 0 Å². The molecule has 6 nitrogen and oxygen atoms in total. The number of guanidine groups is 1. The van der Waals surface area contributed by atoms with Crippen LogP contribution in [0, 0.1) is 19.3 Å². The first-order valence-electron chi connectivity index (χ1n) is 4.54. The first-order valence-corrected chi connectivity index (χ1v) is 4.54. The number of carbonyl (C=O) groups excluding carboxylic acids is 1. The molecular formula is C9H11N5O. The van der Waals surface area contributed by atoms with Crippen LogP contribution < -0.4 is 10.2 Å². The molecule has 0 saturated carbocycles. The summed E-state index contributed by atoms with van der Waals surface area (Å²) in [6.45, 7) is 3.82. The van der Waals surface area contributed by atoms with Crippen LogP contribution in [0.2, 0.25) is 0 Å². The normalized spacial score (nSPS) is 15.7. The summed E-state index contributed by atoms with van der Waals surface area (Å²) < 4.78 is 0. The van der Waals surface area contributed by atoms with Crippen LogP contribution in [0.25, 0.3) is 0 Å². The Morgan fingerprint density at radius 2 is 2.00 bits per heavy atom. The second kappa shape index (κ2) is 3.30. The van der Waals surface area contributed by atoms with Gasteiger partial charge in [-0.1, -0.05) is 0 Å². The Balaban J connectivity index is 2.37. The molecule has 1 aliphatic rings. The van der Waals surface area contributed by atoms with E-state index in [-0.39, 0.29) is 18.4 Å². The molecular weight excluding hydrogens is 194 g/mol. The maximum absolute atomic E-state index is 11.1. The van der Waals surface area contributed by atoms with Crippen molar-refractivity contribution in [2.75, 3.05) is 11.4 Å². The van der Waals surface area contributed by atoms with Crippen molar-refractivity contribution in [3.05, 3.63) is 17.5 Å². The van der Waals surface area contributed by atoms with E-state index in [1.54, 1.807) is 0 Å². The lowest BCUT2D eigenvalue weighted by atomic mass is 10.3. The van der Waals surface area contributed by atoms with Crippen LogP contribution in [-0.2, 0) is 4.79 Å². The average Bonchev–Trinajstić information content (AvgIpc) is 2.43. The molecule has 0 aromatic carbocycles. The van der Waals surface area contributed by atoms with E-state index in [0.29, 0.717) is 5.95 Å². The van der Waals surface area contributed by atoms with Gasteiger partial charge in [0.25, 0.3) is 0 Å². The Morgan fingerprint density at radius 3 is 2.47 bits per heavy atom. The van der Waals surface area contributed by atoms with Crippen LogP contribution in [0.15, 0.2) is 6.07 Å². The Bertz CT molecular complexity index is 422. The van der Waals surface area contributed by atoms with Crippen LogP contribution in [0.4, 0.5) is 5.95 Å². The lowest BCUT2D eigenvalue weighted by Crippen LogP contribution is -2.30. The summed E-state index contributed by atoms with van der Waals surface area (Å²) in [4.78, 5) is 20.9. The minimum Gasteiger partial charge on any atom is -0.295 e. The van der Waals surface area contributed by atoms with Gasteiger partial charge >= 0.3 is 0 Å². The molecule has 2 N–H and O–H groups in total. The summed E-state index contributed by atoms with van der Waals surface area (Å²) in [6.07, 6.45) is 0. The van der Waals surface area contributed by atoms with E-state index in [4.69, 9.17) is 5.41 Å². The number of amides is 1. The molecule has 2 rings (SSSR count). The molecule has 15 heavy (non-hydrogen) atoms. The van der Waals surface area contributed by atoms with Crippen molar-refractivity contribution in [2.45, 2.75) is 13.8 Å². The van der Waals surface area contributed by atoms with E-state index in [9.17, 15) is 4.79 Å². The van der Waals surface area contributed by atoms with Crippen LogP contribution in [0.1, 0.15) is 11.4 Å². The summed E-state index contributed by atoms with van der Waals surface area (Å²) in [5, 5.41) is 9.92. The molecule has 0 bridgehead atoms. The minimum absolute atomic E-state index is 0.0324. The zero-order valence-electron chi connectivity index (χ0n) is 8.53. The lowest BCUT2D eigenvalue weighted by molar-refractivity contribution is -0.117. The van der Waals surface area contributed by atoms with Gasteiger partial charge in [-0.3, -0.25) is 20.4 Å². The third-order valence-electron chi connectivity index (χ3n) is 2.04. The third-order valence-corrected chi connectivity index (χ3v) is 2.04. The number of carbonyl (C=O) groups is 1. The van der Waals surface area contributed by atoms with Crippen molar-refractivity contribution in [3.8, 4) is 0 Å². The fourth-order valence-electron chi connectivity index (χ4n) is 1.46. The van der Waals surface area contributed by atoms with Crippen molar-refractivity contribution in [3.63, 3.8) is 0 Å². The molecule has 1 aliphatic heterocycles. The second-order valence-corrected chi connectivity index (χ2v) is 3.43. The zero-order chi connectivity index (χ0) is 11.0. The number of aryl methyl sites for hydroxylation is 2. The van der Waals surface area contributed by atoms with Crippen molar-refractivity contribution < 1.29 is 4.79 Å². The van der Waals surface area contributed by atoms with Gasteiger partial charge in [-0.05, 0) is 19.9 Å². The van der Waals surface area contributed by atoms with E-state index in [1.807, 2.05) is 19.9 Å². The van der Waals surface area contributed by atoms with Crippen molar-refractivity contribution in [1.29, 1.82) is 5.41 Å². The molecule has 1 aromatic rings. The highest BCUT2D eigenvalue weighted by Gasteiger charge is 2.27. The molecule has 1 saturated heterocycles. The summed E-state index contributed by atoms with van der Waals surface area (Å²) in [7, 11) is 0. The van der Waals surface area contributed by atoms with Gasteiger partial charge in [-0.2, -0.15) is 0 Å². The molecule has 0 unspecified atom stereocenters. The highest BCUT2D eigenvalue weighted by Crippen LogP contribution is 2.11. The molecule has 6 heteroatoms. The van der Waals surface area contributed by atoms with Gasteiger partial charge in [0.15, 0.2) is 0 Å². The Kier molecular flexibility index (Phi) is 2.11. The largest absolute Gasteiger partial charge is 0.295 e. The summed E-state index contributed by atoms with van der Waals surface area (Å²) in [6, 6.07) is 1.85. The van der Waals surface area contributed by atoms with E-state index >= 15 is 0 Å². The van der Waals surface area contributed by atoms with Crippen LogP contribution in [-0.4, -0.2) is 28.4 Å². The maximum Gasteiger partial charge on any atom is 0.246 e. The Labute approximate surface area is 86.8 Å². The highest BCUT2D eigenvalue weighted by atomic mass is 16.2. The molecule has 2 heterocycles. The maximum atomic E-state index is 11.1. The molecule has 1 fully saturated rings. The summed E-state index contributed by atoms with van der Waals surface area (Å²) in [5.74, 6) is 0.226. The van der Waals surface area contributed by atoms with Crippen molar-refractivity contribution in [2.24, 2.45) is 0 Å². The Hall–Kier alpha value is -1.98. The lowest BCUT2D eigenvalue weighted by Gasteiger charge is -2.13. The quantitative estimate of drug-likeness (QED) is 0.674. The molecule has 78 valence electrons. The number of nitrogens with zero attached hydrogens (tertiary/aromatic N) is 3. The van der Waals surface area contributed by atoms with Crippen molar-refractivity contribution in [1.82, 2.24) is 15.3 Å². The predicted octanol–water partition coefficient (Wildman–Crippen LogP) is -0.0356. The monoisotopic (exact) mass is 205 g/mol. The number of hydrogen-bond donors (Lipinski definition) is 2. The van der Waals surface area contributed by atoms with Gasteiger partial charge in [0.05, 0.1) is 0 Å². The van der Waals surface area contributed by atoms with Gasteiger partial charge in [-0.15, -0.1) is 0 Å². The van der Waals surface area contributed by atoms with Crippen LogP contribution >= 0.6 is 0 Å². The van der Waals surface area contributed by atoms with Gasteiger partial charge < -0.3 is 0 Å². The number of rotatable bonds is 1. The topological polar surface area (TPSA) is 82.0 Å². The second-order valence-electron chi connectivity index (χ2n) is 3.43.